The molecule has 0 unspecified atom stereocenters. The summed E-state index contributed by atoms with van der Waals surface area (Å²) in [5, 5.41) is 15.4. The lowest BCUT2D eigenvalue weighted by molar-refractivity contribution is -0.741. The molecule has 4 aliphatic rings. The summed E-state index contributed by atoms with van der Waals surface area (Å²) in [5.41, 5.74) is 30.8. The van der Waals surface area contributed by atoms with Gasteiger partial charge in [-0.05, 0) is 314 Å². The molecule has 18 nitrogen and oxygen atoms in total. The number of rotatable bonds is 13. The fourth-order valence-electron chi connectivity index (χ4n) is 26.4. The maximum atomic E-state index is 6.46. The zero-order valence-electron chi connectivity index (χ0n) is 87.7. The molecule has 15 aromatic carbocycles. The Morgan fingerprint density at radius 1 is 0.293 bits per heavy atom. The van der Waals surface area contributed by atoms with Crippen molar-refractivity contribution >= 4 is 210 Å². The van der Waals surface area contributed by atoms with Crippen molar-refractivity contribution in [1.82, 2.24) is 4.68 Å². The molecular weight excluding hydrogens is 1850 g/mol. The molecule has 8 aromatic heterocycles. The largest absolute Gasteiger partial charge is 0.464 e. The lowest BCUT2D eigenvalue weighted by atomic mass is 9.84. The first-order valence-electron chi connectivity index (χ1n) is 51.4. The van der Waals surface area contributed by atoms with E-state index in [4.69, 9.17) is 22.1 Å². The summed E-state index contributed by atoms with van der Waals surface area (Å²) in [5.74, 6) is 1.21. The summed E-state index contributed by atoms with van der Waals surface area (Å²) in [6.07, 6.45) is 2.46. The van der Waals surface area contributed by atoms with Crippen molar-refractivity contribution in [2.24, 2.45) is 28.2 Å². The Hall–Kier alpha value is -15.6. The van der Waals surface area contributed by atoms with Gasteiger partial charge in [0.2, 0.25) is 0 Å². The molecule has 27 rings (SSSR count). The third-order valence-electron chi connectivity index (χ3n) is 32.0. The van der Waals surface area contributed by atoms with E-state index in [9.17, 15) is 0 Å². The van der Waals surface area contributed by atoms with E-state index < -0.39 is 0 Å². The molecule has 0 saturated carbocycles. The number of furan rings is 4. The van der Waals surface area contributed by atoms with Gasteiger partial charge in [0.1, 0.15) is 63.4 Å². The Kier molecular flexibility index (Phi) is 22.4. The molecule has 147 heavy (non-hydrogen) atoms. The van der Waals surface area contributed by atoms with Crippen LogP contribution < -0.4 is 57.6 Å². The van der Waals surface area contributed by atoms with E-state index in [0.717, 1.165) is 72.9 Å². The van der Waals surface area contributed by atoms with Crippen molar-refractivity contribution in [3.05, 3.63) is 372 Å². The van der Waals surface area contributed by atoms with Crippen molar-refractivity contribution < 1.29 is 40.5 Å². The Balaban J connectivity index is 0.000000105. The number of anilines is 12. The third kappa shape index (κ3) is 14.3. The van der Waals surface area contributed by atoms with Crippen molar-refractivity contribution in [2.75, 3.05) is 39.2 Å². The van der Waals surface area contributed by atoms with Crippen molar-refractivity contribution in [1.29, 1.82) is 0 Å². The third-order valence-corrected chi connectivity index (χ3v) is 34.2. The second-order valence-corrected chi connectivity index (χ2v) is 44.4. The van der Waals surface area contributed by atoms with Crippen LogP contribution in [0.15, 0.2) is 349 Å². The number of nitrogens with zero attached hydrogens (tertiary/aromatic N) is 13. The Morgan fingerprint density at radius 3 is 0.966 bits per heavy atom. The Bertz CT molecular complexity index is 8920. The molecule has 20 heteroatoms. The number of para-hydroxylation sites is 16. The van der Waals surface area contributed by atoms with Crippen LogP contribution in [-0.2, 0) is 50.3 Å². The standard InChI is InChI=1S/C35H37N4O.C32H30N3O2.C32H30N3OS.C28H28N3OS/c1-22(2)39-27-16-10-8-14-25(27)34(36(39)7)37-24(4)38(29-18-12-11-17-28(29)37)35(5,6)33-23(3)20-21-31-32(33)26-15-9-13-19-30(26)40-31;1-20-18-19-28-29(22-12-6-10-16-26(22)36-28)30(20)32(3,4)35-21(2)34(23-13-7-8-14-24(23)35)31-33(5)25-15-9-11-17-27(25)37-31;1-20-18-19-27-29(22-12-6-10-16-26(22)36-27)30(20)32(3,4)35-21(2)34(23-13-7-8-14-24(23)35)31-33(5)25-15-9-11-17-28(25)37-31;1-18-14-15-24-25(20-10-6-9-13-23(20)32-24)26(18)28(3,4)31-19(2)30(27-29(5)16-17-33-27)21-11-7-8-12-22(21)31/h8-22,24H,1-7H3;2*6-19,21H,1-5H3;6-17,19H,1-5H3/q4*+1/t24-;2*21-;19-/m1111/s1. The van der Waals surface area contributed by atoms with Crippen LogP contribution in [-0.4, -0.2) is 29.3 Å². The van der Waals surface area contributed by atoms with Crippen LogP contribution in [0.1, 0.15) is 147 Å². The Labute approximate surface area is 865 Å². The van der Waals surface area contributed by atoms with Crippen LogP contribution in [0.5, 0.6) is 0 Å². The average molecular weight is 1980 g/mol. The minimum Gasteiger partial charge on any atom is -0.456 e. The summed E-state index contributed by atoms with van der Waals surface area (Å²) in [7, 11) is 8.57. The molecule has 736 valence electrons. The first-order chi connectivity index (χ1) is 70.9. The van der Waals surface area contributed by atoms with Crippen molar-refractivity contribution in [2.45, 2.75) is 177 Å². The van der Waals surface area contributed by atoms with Crippen LogP contribution in [0, 0.1) is 27.7 Å². The lowest BCUT2D eigenvalue weighted by Crippen LogP contribution is -2.52. The van der Waals surface area contributed by atoms with E-state index in [1.54, 1.807) is 11.3 Å². The molecule has 0 N–H and O–H groups in total. The number of thiazole rings is 2. The SMILES string of the molecule is Cc1ccc2oc3ccccc3c2c1C(C)(C)N1c2ccccc2N(c2c3ccccc3n(C(C)C)[n+]2C)[C@H]1C.Cc1ccc2oc3ccccc3c2c1C(C)(C)N1c2ccccc2N(c2oc3ccccc3[n+]2C)[C@H]1C.Cc1ccc2oc3ccccc3c2c1C(C)(C)N1c2ccccc2N(c2sc3ccccc3[n+]2C)[C@H]1C.Cc1ccc2oc3ccccc3c2c1C(C)(C)N1c2ccccc2N(c2scc[n+]2C)[C@H]1C. The summed E-state index contributed by atoms with van der Waals surface area (Å²) in [4.78, 5) is 20.1. The molecule has 0 spiro atoms. The van der Waals surface area contributed by atoms with Gasteiger partial charge in [-0.25, -0.2) is 18.7 Å². The lowest BCUT2D eigenvalue weighted by Gasteiger charge is -2.41. The van der Waals surface area contributed by atoms with Crippen LogP contribution in [0.25, 0.3) is 120 Å². The van der Waals surface area contributed by atoms with Crippen molar-refractivity contribution in [3.63, 3.8) is 0 Å². The summed E-state index contributed by atoms with van der Waals surface area (Å²) >= 11 is 3.63. The zero-order chi connectivity index (χ0) is 102. The van der Waals surface area contributed by atoms with Gasteiger partial charge in [0.25, 0.3) is 0 Å². The van der Waals surface area contributed by atoms with Crippen molar-refractivity contribution in [3.8, 4) is 0 Å². The zero-order valence-corrected chi connectivity index (χ0v) is 89.4. The first kappa shape index (κ1) is 93.7. The van der Waals surface area contributed by atoms with E-state index in [1.165, 1.54) is 159 Å². The van der Waals surface area contributed by atoms with Gasteiger partial charge < -0.3 is 41.7 Å². The van der Waals surface area contributed by atoms with Crippen LogP contribution in [0.2, 0.25) is 0 Å². The van der Waals surface area contributed by atoms with Gasteiger partial charge >= 0.3 is 22.1 Å². The number of aryl methyl sites for hydroxylation is 7. The number of aromatic nitrogens is 5. The van der Waals surface area contributed by atoms with Gasteiger partial charge in [0.15, 0.2) is 58.5 Å². The highest BCUT2D eigenvalue weighted by molar-refractivity contribution is 7.21. The number of benzene rings is 15. The molecule has 4 aliphatic heterocycles. The van der Waals surface area contributed by atoms with E-state index in [-0.39, 0.29) is 46.8 Å². The molecule has 0 amide bonds. The molecular formula is C127H125N13O5S2+4. The van der Waals surface area contributed by atoms with Gasteiger partial charge in [0, 0.05) is 48.5 Å². The Morgan fingerprint density at radius 2 is 0.599 bits per heavy atom. The molecule has 0 bridgehead atoms. The van der Waals surface area contributed by atoms with E-state index >= 15 is 0 Å². The van der Waals surface area contributed by atoms with E-state index in [1.807, 2.05) is 47.7 Å². The van der Waals surface area contributed by atoms with Gasteiger partial charge in [-0.1, -0.05) is 193 Å². The second-order valence-electron chi connectivity index (χ2n) is 42.5. The molecule has 0 saturated heterocycles. The van der Waals surface area contributed by atoms with Crippen LogP contribution in [0.3, 0.4) is 0 Å². The smallest absolute Gasteiger partial charge is 0.456 e. The predicted octanol–water partition coefficient (Wildman–Crippen LogP) is 31.4. The topological polar surface area (TPSA) is 112 Å². The van der Waals surface area contributed by atoms with Crippen LogP contribution >= 0.6 is 22.7 Å². The highest BCUT2D eigenvalue weighted by Crippen LogP contribution is 2.59. The molecule has 0 aliphatic carbocycles. The molecule has 0 fully saturated rings. The predicted molar refractivity (Wildman–Crippen MR) is 607 cm³/mol. The quantitative estimate of drug-likeness (QED) is 0.102. The number of oxazole rings is 1. The minimum absolute atomic E-state index is 0.00647. The number of hydrogen-bond acceptors (Lipinski definition) is 15. The number of fused-ring (bicyclic) bond motifs is 19. The number of hydrogen-bond donors (Lipinski definition) is 0. The highest BCUT2D eigenvalue weighted by atomic mass is 32.1. The minimum atomic E-state index is -0.356. The molecule has 0 radical (unpaired) electrons. The fourth-order valence-corrected chi connectivity index (χ4v) is 28.6. The summed E-state index contributed by atoms with van der Waals surface area (Å²) < 4.78 is 44.4. The summed E-state index contributed by atoms with van der Waals surface area (Å²) in [6.45, 7) is 41.5. The highest BCUT2D eigenvalue weighted by Gasteiger charge is 2.56. The molecule has 12 heterocycles. The maximum Gasteiger partial charge on any atom is 0.464 e. The van der Waals surface area contributed by atoms with E-state index in [2.05, 4.69) is 506 Å². The van der Waals surface area contributed by atoms with E-state index in [0.29, 0.717) is 6.04 Å². The maximum absolute atomic E-state index is 6.46. The molecule has 23 aromatic rings. The second kappa shape index (κ2) is 35.1. The normalized spacial score (nSPS) is 15.9. The first-order valence-corrected chi connectivity index (χ1v) is 53.1. The van der Waals surface area contributed by atoms with Gasteiger partial charge in [-0.3, -0.25) is 0 Å². The average Bonchev–Trinajstić information content (AvgIpc) is 1.55. The van der Waals surface area contributed by atoms with Gasteiger partial charge in [0.05, 0.1) is 87.7 Å². The monoisotopic (exact) mass is 1980 g/mol. The summed E-state index contributed by atoms with van der Waals surface area (Å²) in [6, 6.07) is 113. The van der Waals surface area contributed by atoms with Crippen LogP contribution in [0.4, 0.5) is 67.6 Å². The van der Waals surface area contributed by atoms with Gasteiger partial charge in [-0.2, -0.15) is 23.9 Å². The molecule has 4 atom stereocenters. The van der Waals surface area contributed by atoms with Gasteiger partial charge in [-0.15, -0.1) is 0 Å². The fraction of sp³-hybridized carbons (Fsp3) is 0.244.